The SMILES string of the molecule is CN1CC=C(CCCO)N(C(=O)OC(C)(C)C)/C1=N/C(=O)OC(C)(C)C. The molecule has 0 atom stereocenters. The number of hydrogen-bond acceptors (Lipinski definition) is 5. The summed E-state index contributed by atoms with van der Waals surface area (Å²) in [4.78, 5) is 31.9. The molecule has 0 aliphatic carbocycles. The third kappa shape index (κ3) is 7.03. The fraction of sp³-hybridized carbons (Fsp3) is 0.722. The monoisotopic (exact) mass is 369 g/mol. The number of ether oxygens (including phenoxy) is 2. The van der Waals surface area contributed by atoms with Gasteiger partial charge >= 0.3 is 12.2 Å². The van der Waals surface area contributed by atoms with E-state index < -0.39 is 23.4 Å². The van der Waals surface area contributed by atoms with Crippen LogP contribution in [0, 0.1) is 0 Å². The fourth-order valence-corrected chi connectivity index (χ4v) is 2.20. The third-order valence-corrected chi connectivity index (χ3v) is 3.18. The second-order valence-electron chi connectivity index (χ2n) is 8.11. The van der Waals surface area contributed by atoms with Crippen LogP contribution >= 0.6 is 0 Å². The minimum absolute atomic E-state index is 0.00607. The Labute approximate surface area is 155 Å². The van der Waals surface area contributed by atoms with E-state index in [0.717, 1.165) is 0 Å². The molecular weight excluding hydrogens is 338 g/mol. The van der Waals surface area contributed by atoms with Gasteiger partial charge in [0.15, 0.2) is 0 Å². The number of rotatable bonds is 3. The molecule has 8 nitrogen and oxygen atoms in total. The van der Waals surface area contributed by atoms with Crippen LogP contribution in [0.15, 0.2) is 16.8 Å². The molecule has 1 heterocycles. The van der Waals surface area contributed by atoms with E-state index in [1.54, 1.807) is 53.5 Å². The van der Waals surface area contributed by atoms with Crippen molar-refractivity contribution < 1.29 is 24.2 Å². The molecule has 8 heteroatoms. The summed E-state index contributed by atoms with van der Waals surface area (Å²) in [6.45, 7) is 11.0. The van der Waals surface area contributed by atoms with Crippen molar-refractivity contribution in [3.63, 3.8) is 0 Å². The van der Waals surface area contributed by atoms with Crippen molar-refractivity contribution >= 4 is 18.1 Å². The smallest absolute Gasteiger partial charge is 0.437 e. The predicted molar refractivity (Wildman–Crippen MR) is 98.8 cm³/mol. The van der Waals surface area contributed by atoms with Crippen molar-refractivity contribution in [2.75, 3.05) is 20.2 Å². The van der Waals surface area contributed by atoms with Gasteiger partial charge in [-0.3, -0.25) is 0 Å². The van der Waals surface area contributed by atoms with E-state index in [2.05, 4.69) is 4.99 Å². The Bertz CT molecular complexity index is 585. The van der Waals surface area contributed by atoms with E-state index in [1.165, 1.54) is 4.90 Å². The van der Waals surface area contributed by atoms with Crippen LogP contribution in [0.5, 0.6) is 0 Å². The van der Waals surface area contributed by atoms with Gasteiger partial charge in [0.25, 0.3) is 0 Å². The highest BCUT2D eigenvalue weighted by Gasteiger charge is 2.34. The first-order valence-electron chi connectivity index (χ1n) is 8.70. The molecule has 0 fully saturated rings. The van der Waals surface area contributed by atoms with Gasteiger partial charge in [0, 0.05) is 25.9 Å². The van der Waals surface area contributed by atoms with Crippen molar-refractivity contribution in [3.8, 4) is 0 Å². The number of aliphatic hydroxyl groups excluding tert-OH is 1. The first-order valence-corrected chi connectivity index (χ1v) is 8.70. The van der Waals surface area contributed by atoms with Gasteiger partial charge in [0.05, 0.1) is 0 Å². The average Bonchev–Trinajstić information content (AvgIpc) is 2.43. The van der Waals surface area contributed by atoms with Crippen LogP contribution in [0.2, 0.25) is 0 Å². The number of carbonyl (C=O) groups excluding carboxylic acids is 2. The summed E-state index contributed by atoms with van der Waals surface area (Å²) >= 11 is 0. The topological polar surface area (TPSA) is 91.7 Å². The number of likely N-dealkylation sites (N-methyl/N-ethyl adjacent to an activating group) is 1. The van der Waals surface area contributed by atoms with Crippen molar-refractivity contribution in [1.82, 2.24) is 9.80 Å². The maximum atomic E-state index is 12.8. The molecule has 0 spiro atoms. The quantitative estimate of drug-likeness (QED) is 0.822. The number of allylic oxidation sites excluding steroid dienone is 1. The van der Waals surface area contributed by atoms with Gasteiger partial charge in [-0.2, -0.15) is 0 Å². The lowest BCUT2D eigenvalue weighted by molar-refractivity contribution is 0.0383. The Morgan fingerprint density at radius 3 is 2.23 bits per heavy atom. The number of nitrogens with zero attached hydrogens (tertiary/aromatic N) is 3. The maximum absolute atomic E-state index is 12.8. The molecule has 1 rings (SSSR count). The van der Waals surface area contributed by atoms with Gasteiger partial charge in [-0.05, 0) is 60.5 Å². The molecule has 0 aromatic heterocycles. The summed E-state index contributed by atoms with van der Waals surface area (Å²) in [5.74, 6) is 0.143. The Balaban J connectivity index is 3.22. The van der Waals surface area contributed by atoms with Gasteiger partial charge in [0.1, 0.15) is 11.2 Å². The molecule has 0 saturated heterocycles. The third-order valence-electron chi connectivity index (χ3n) is 3.18. The second-order valence-corrected chi connectivity index (χ2v) is 8.11. The average molecular weight is 369 g/mol. The van der Waals surface area contributed by atoms with Crippen LogP contribution in [0.25, 0.3) is 0 Å². The zero-order valence-electron chi connectivity index (χ0n) is 16.8. The zero-order valence-corrected chi connectivity index (χ0v) is 16.8. The Hall–Kier alpha value is -2.09. The van der Waals surface area contributed by atoms with Crippen LogP contribution in [0.4, 0.5) is 9.59 Å². The Morgan fingerprint density at radius 1 is 1.15 bits per heavy atom. The van der Waals surface area contributed by atoms with Gasteiger partial charge in [-0.1, -0.05) is 0 Å². The number of aliphatic hydroxyl groups is 1. The first kappa shape index (κ1) is 22.0. The van der Waals surface area contributed by atoms with Gasteiger partial charge in [-0.25, -0.2) is 14.5 Å². The molecule has 0 radical (unpaired) electrons. The van der Waals surface area contributed by atoms with Crippen LogP contribution in [-0.4, -0.2) is 64.5 Å². The van der Waals surface area contributed by atoms with Gasteiger partial charge in [-0.15, -0.1) is 4.99 Å². The lowest BCUT2D eigenvalue weighted by Crippen LogP contribution is -2.50. The normalized spacial score (nSPS) is 17.2. The maximum Gasteiger partial charge on any atom is 0.437 e. The molecule has 0 bridgehead atoms. The lowest BCUT2D eigenvalue weighted by atomic mass is 10.1. The number of guanidine groups is 1. The molecule has 0 aromatic carbocycles. The Morgan fingerprint density at radius 2 is 1.73 bits per heavy atom. The van der Waals surface area contributed by atoms with Crippen LogP contribution < -0.4 is 0 Å². The zero-order chi connectivity index (χ0) is 20.1. The largest absolute Gasteiger partial charge is 0.443 e. The highest BCUT2D eigenvalue weighted by atomic mass is 16.6. The number of hydrogen-bond donors (Lipinski definition) is 1. The summed E-state index contributed by atoms with van der Waals surface area (Å²) in [5.41, 5.74) is -0.763. The predicted octanol–water partition coefficient (Wildman–Crippen LogP) is 3.12. The number of amides is 2. The van der Waals surface area contributed by atoms with Gasteiger partial charge < -0.3 is 19.5 Å². The minimum Gasteiger partial charge on any atom is -0.443 e. The lowest BCUT2D eigenvalue weighted by Gasteiger charge is -2.36. The molecule has 1 N–H and O–H groups in total. The summed E-state index contributed by atoms with van der Waals surface area (Å²) < 4.78 is 10.7. The summed E-state index contributed by atoms with van der Waals surface area (Å²) in [7, 11) is 1.72. The molecule has 1 aliphatic heterocycles. The minimum atomic E-state index is -0.781. The number of carbonyl (C=O) groups is 2. The second kappa shape index (κ2) is 8.53. The molecule has 0 aromatic rings. The van der Waals surface area contributed by atoms with Crippen molar-refractivity contribution in [3.05, 3.63) is 11.8 Å². The molecule has 2 amide bonds. The van der Waals surface area contributed by atoms with Crippen molar-refractivity contribution in [2.24, 2.45) is 4.99 Å². The van der Waals surface area contributed by atoms with E-state index in [4.69, 9.17) is 14.6 Å². The molecule has 0 saturated carbocycles. The summed E-state index contributed by atoms with van der Waals surface area (Å²) in [5, 5.41) is 9.12. The first-order chi connectivity index (χ1) is 11.8. The Kier molecular flexibility index (Phi) is 7.20. The summed E-state index contributed by atoms with van der Waals surface area (Å²) in [6.07, 6.45) is 1.38. The fourth-order valence-electron chi connectivity index (χ4n) is 2.20. The van der Waals surface area contributed by atoms with E-state index in [-0.39, 0.29) is 12.6 Å². The van der Waals surface area contributed by atoms with Crippen molar-refractivity contribution in [2.45, 2.75) is 65.6 Å². The molecular formula is C18H31N3O5. The molecule has 1 aliphatic rings. The standard InChI is InChI=1S/C18H31N3O5/c1-17(2,3)25-15(23)19-14-20(7)11-10-13(9-8-12-22)21(14)16(24)26-18(4,5)6/h10,22H,8-9,11-12H2,1-7H3/b19-14+. The molecule has 26 heavy (non-hydrogen) atoms. The van der Waals surface area contributed by atoms with Gasteiger partial charge in [0.2, 0.25) is 5.96 Å². The van der Waals surface area contributed by atoms with Crippen molar-refractivity contribution in [1.29, 1.82) is 0 Å². The number of aliphatic imine (C=N–C) groups is 1. The van der Waals surface area contributed by atoms with Crippen LogP contribution in [0.3, 0.4) is 0 Å². The van der Waals surface area contributed by atoms with Crippen LogP contribution in [0.1, 0.15) is 54.4 Å². The highest BCUT2D eigenvalue weighted by Crippen LogP contribution is 2.23. The van der Waals surface area contributed by atoms with E-state index >= 15 is 0 Å². The molecule has 0 unspecified atom stereocenters. The highest BCUT2D eigenvalue weighted by molar-refractivity contribution is 6.01. The van der Waals surface area contributed by atoms with E-state index in [1.807, 2.05) is 6.08 Å². The van der Waals surface area contributed by atoms with E-state index in [0.29, 0.717) is 25.1 Å². The summed E-state index contributed by atoms with van der Waals surface area (Å²) in [6, 6.07) is 0. The van der Waals surface area contributed by atoms with E-state index in [9.17, 15) is 9.59 Å². The van der Waals surface area contributed by atoms with Crippen LogP contribution in [-0.2, 0) is 9.47 Å². The molecule has 148 valence electrons.